The monoisotopic (exact) mass is 332 g/mol. The Kier molecular flexibility index (Phi) is 6.68. The molecule has 0 radical (unpaired) electrons. The van der Waals surface area contributed by atoms with Crippen LogP contribution in [-0.2, 0) is 25.0 Å². The molecule has 1 rings (SSSR count). The third-order valence-electron chi connectivity index (χ3n) is 2.96. The summed E-state index contributed by atoms with van der Waals surface area (Å²) in [6.45, 7) is 6.05. The highest BCUT2D eigenvalue weighted by Crippen LogP contribution is 2.16. The van der Waals surface area contributed by atoms with Gasteiger partial charge in [-0.1, -0.05) is 26.0 Å². The van der Waals surface area contributed by atoms with Crippen molar-refractivity contribution >= 4 is 25.7 Å². The summed E-state index contributed by atoms with van der Waals surface area (Å²) in [5, 5.41) is 0. The first-order chi connectivity index (χ1) is 9.68. The van der Waals surface area contributed by atoms with Crippen LogP contribution in [0.5, 0.6) is 0 Å². The van der Waals surface area contributed by atoms with Crippen molar-refractivity contribution in [2.75, 3.05) is 0 Å². The van der Waals surface area contributed by atoms with Crippen LogP contribution < -0.4 is 0 Å². The normalized spacial score (nSPS) is 13.2. The molecule has 0 spiro atoms. The molecule has 0 aliphatic carbocycles. The van der Waals surface area contributed by atoms with Crippen LogP contribution in [0.2, 0.25) is 0 Å². The van der Waals surface area contributed by atoms with Crippen molar-refractivity contribution in [3.63, 3.8) is 0 Å². The summed E-state index contributed by atoms with van der Waals surface area (Å²) in [5.74, 6) is 0.245. The molecule has 0 saturated carbocycles. The molecule has 0 fully saturated rings. The van der Waals surface area contributed by atoms with Crippen molar-refractivity contribution in [3.05, 3.63) is 29.8 Å². The van der Waals surface area contributed by atoms with Gasteiger partial charge < -0.3 is 4.74 Å². The van der Waals surface area contributed by atoms with Gasteiger partial charge in [0.25, 0.3) is 9.05 Å². The molecular formula is C15H21ClO4S. The SMILES string of the molecule is CC(C)CC(C)OC(=O)CCc1ccc(S(=O)(=O)Cl)cc1. The summed E-state index contributed by atoms with van der Waals surface area (Å²) in [6, 6.07) is 6.18. The standard InChI is InChI=1S/C15H21ClO4S/c1-11(2)10-12(3)20-15(17)9-6-13-4-7-14(8-5-13)21(16,18)19/h4-5,7-8,11-12H,6,9-10H2,1-3H3. The van der Waals surface area contributed by atoms with E-state index in [4.69, 9.17) is 15.4 Å². The van der Waals surface area contributed by atoms with Crippen LogP contribution in [0.25, 0.3) is 0 Å². The van der Waals surface area contributed by atoms with Crippen LogP contribution in [-0.4, -0.2) is 20.5 Å². The zero-order valence-electron chi connectivity index (χ0n) is 12.5. The molecule has 0 bridgehead atoms. The molecule has 0 N–H and O–H groups in total. The summed E-state index contributed by atoms with van der Waals surface area (Å²) >= 11 is 0. The first-order valence-electron chi connectivity index (χ1n) is 6.91. The number of rotatable bonds is 7. The van der Waals surface area contributed by atoms with E-state index in [-0.39, 0.29) is 23.4 Å². The Labute approximate surface area is 130 Å². The van der Waals surface area contributed by atoms with Crippen LogP contribution >= 0.6 is 10.7 Å². The Hall–Kier alpha value is -1.07. The van der Waals surface area contributed by atoms with Gasteiger partial charge in [-0.05, 0) is 43.4 Å². The van der Waals surface area contributed by atoms with E-state index in [2.05, 4.69) is 13.8 Å². The minimum absolute atomic E-state index is 0.0565. The maximum absolute atomic E-state index is 11.7. The van der Waals surface area contributed by atoms with Crippen molar-refractivity contribution < 1.29 is 17.9 Å². The molecule has 118 valence electrons. The van der Waals surface area contributed by atoms with E-state index < -0.39 is 9.05 Å². The average Bonchev–Trinajstić information content (AvgIpc) is 2.34. The number of aryl methyl sites for hydroxylation is 1. The van der Waals surface area contributed by atoms with E-state index in [1.165, 1.54) is 12.1 Å². The number of benzene rings is 1. The first kappa shape index (κ1) is 18.0. The summed E-state index contributed by atoms with van der Waals surface area (Å²) in [6.07, 6.45) is 1.54. The van der Waals surface area contributed by atoms with Gasteiger partial charge in [0.15, 0.2) is 0 Å². The molecule has 1 unspecified atom stereocenters. The second-order valence-corrected chi connectivity index (χ2v) is 8.08. The lowest BCUT2D eigenvalue weighted by Crippen LogP contribution is -2.17. The topological polar surface area (TPSA) is 60.4 Å². The van der Waals surface area contributed by atoms with Crippen LogP contribution in [0.1, 0.15) is 39.2 Å². The number of carbonyl (C=O) groups is 1. The molecule has 0 aliphatic heterocycles. The Bertz CT molecular complexity index is 564. The van der Waals surface area contributed by atoms with Gasteiger partial charge in [0.1, 0.15) is 0 Å². The summed E-state index contributed by atoms with van der Waals surface area (Å²) < 4.78 is 27.5. The summed E-state index contributed by atoms with van der Waals surface area (Å²) in [5.41, 5.74) is 0.868. The zero-order valence-corrected chi connectivity index (χ0v) is 14.1. The number of hydrogen-bond donors (Lipinski definition) is 0. The molecule has 1 aromatic rings. The Morgan fingerprint density at radius 2 is 1.76 bits per heavy atom. The molecule has 1 atom stereocenters. The molecule has 6 heteroatoms. The number of esters is 1. The van der Waals surface area contributed by atoms with Crippen molar-refractivity contribution in [1.82, 2.24) is 0 Å². The fourth-order valence-electron chi connectivity index (χ4n) is 2.06. The average molecular weight is 333 g/mol. The van der Waals surface area contributed by atoms with Gasteiger partial charge in [-0.25, -0.2) is 8.42 Å². The Balaban J connectivity index is 2.46. The minimum Gasteiger partial charge on any atom is -0.463 e. The molecule has 4 nitrogen and oxygen atoms in total. The van der Waals surface area contributed by atoms with Gasteiger partial charge in [0.2, 0.25) is 0 Å². The van der Waals surface area contributed by atoms with Crippen molar-refractivity contribution in [3.8, 4) is 0 Å². The van der Waals surface area contributed by atoms with E-state index in [0.717, 1.165) is 12.0 Å². The highest BCUT2D eigenvalue weighted by Gasteiger charge is 2.12. The number of carbonyl (C=O) groups excluding carboxylic acids is 1. The lowest BCUT2D eigenvalue weighted by atomic mass is 10.1. The summed E-state index contributed by atoms with van der Waals surface area (Å²) in [4.78, 5) is 11.8. The van der Waals surface area contributed by atoms with Crippen LogP contribution in [0.15, 0.2) is 29.2 Å². The highest BCUT2D eigenvalue weighted by atomic mass is 35.7. The third-order valence-corrected chi connectivity index (χ3v) is 4.33. The van der Waals surface area contributed by atoms with E-state index in [0.29, 0.717) is 12.3 Å². The van der Waals surface area contributed by atoms with Crippen LogP contribution in [0.3, 0.4) is 0 Å². The zero-order chi connectivity index (χ0) is 16.0. The van der Waals surface area contributed by atoms with Gasteiger partial charge in [-0.2, -0.15) is 0 Å². The molecule has 0 heterocycles. The maximum atomic E-state index is 11.7. The first-order valence-corrected chi connectivity index (χ1v) is 9.22. The van der Waals surface area contributed by atoms with E-state index in [1.54, 1.807) is 12.1 Å². The fraction of sp³-hybridized carbons (Fsp3) is 0.533. The van der Waals surface area contributed by atoms with E-state index in [9.17, 15) is 13.2 Å². The fourth-order valence-corrected chi connectivity index (χ4v) is 2.83. The van der Waals surface area contributed by atoms with E-state index >= 15 is 0 Å². The lowest BCUT2D eigenvalue weighted by molar-refractivity contribution is -0.148. The maximum Gasteiger partial charge on any atom is 0.306 e. The molecule has 1 aromatic carbocycles. The van der Waals surface area contributed by atoms with Crippen molar-refractivity contribution in [2.24, 2.45) is 5.92 Å². The van der Waals surface area contributed by atoms with Gasteiger partial charge in [0, 0.05) is 17.1 Å². The van der Waals surface area contributed by atoms with Gasteiger partial charge in [-0.3, -0.25) is 4.79 Å². The quantitative estimate of drug-likeness (QED) is 0.566. The second-order valence-electron chi connectivity index (χ2n) is 5.51. The number of ether oxygens (including phenoxy) is 1. The molecule has 0 saturated heterocycles. The molecular weight excluding hydrogens is 312 g/mol. The predicted octanol–water partition coefficient (Wildman–Crippen LogP) is 3.52. The van der Waals surface area contributed by atoms with Crippen molar-refractivity contribution in [2.45, 2.75) is 51.0 Å². The lowest BCUT2D eigenvalue weighted by Gasteiger charge is -2.15. The minimum atomic E-state index is -3.70. The summed E-state index contributed by atoms with van der Waals surface area (Å²) in [7, 11) is 1.54. The van der Waals surface area contributed by atoms with E-state index in [1.807, 2.05) is 6.92 Å². The molecule has 21 heavy (non-hydrogen) atoms. The number of halogens is 1. The van der Waals surface area contributed by atoms with Gasteiger partial charge in [0.05, 0.1) is 11.0 Å². The van der Waals surface area contributed by atoms with Crippen LogP contribution in [0, 0.1) is 5.92 Å². The van der Waals surface area contributed by atoms with Crippen LogP contribution in [0.4, 0.5) is 0 Å². The number of hydrogen-bond acceptors (Lipinski definition) is 4. The largest absolute Gasteiger partial charge is 0.463 e. The Morgan fingerprint density at radius 3 is 2.24 bits per heavy atom. The highest BCUT2D eigenvalue weighted by molar-refractivity contribution is 8.13. The molecule has 0 aromatic heterocycles. The van der Waals surface area contributed by atoms with Gasteiger partial charge >= 0.3 is 5.97 Å². The smallest absolute Gasteiger partial charge is 0.306 e. The van der Waals surface area contributed by atoms with Gasteiger partial charge in [-0.15, -0.1) is 0 Å². The Morgan fingerprint density at radius 1 is 1.19 bits per heavy atom. The molecule has 0 aliphatic rings. The predicted molar refractivity (Wildman–Crippen MR) is 82.8 cm³/mol. The van der Waals surface area contributed by atoms with Crippen molar-refractivity contribution in [1.29, 1.82) is 0 Å². The second kappa shape index (κ2) is 7.80. The third kappa shape index (κ3) is 6.96. The molecule has 0 amide bonds.